The first-order chi connectivity index (χ1) is 9.00. The molecular formula is C12H19N5O2. The summed E-state index contributed by atoms with van der Waals surface area (Å²) in [6.07, 6.45) is 3.25. The number of amides is 2. The van der Waals surface area contributed by atoms with Gasteiger partial charge in [-0.15, -0.1) is 0 Å². The number of nitrogens with one attached hydrogen (secondary N) is 1. The summed E-state index contributed by atoms with van der Waals surface area (Å²) in [7, 11) is 5.20. The predicted molar refractivity (Wildman–Crippen MR) is 69.6 cm³/mol. The molecule has 1 unspecified atom stereocenters. The number of carbonyl (C=O) groups excluding carboxylic acids is 2. The molecule has 7 heteroatoms. The summed E-state index contributed by atoms with van der Waals surface area (Å²) in [4.78, 5) is 31.7. The van der Waals surface area contributed by atoms with E-state index in [1.807, 2.05) is 7.05 Å². The van der Waals surface area contributed by atoms with Crippen molar-refractivity contribution in [1.29, 1.82) is 0 Å². The number of rotatable bonds is 2. The Labute approximate surface area is 112 Å². The van der Waals surface area contributed by atoms with Gasteiger partial charge in [-0.25, -0.2) is 4.98 Å². The SMILES string of the molecule is CN(C)C(=O)C1CNCCN1C(=O)c1cn(C)cn1. The highest BCUT2D eigenvalue weighted by Gasteiger charge is 2.34. The Morgan fingerprint density at radius 3 is 2.79 bits per heavy atom. The predicted octanol–water partition coefficient (Wildman–Crippen LogP) is -1.08. The molecule has 2 rings (SSSR count). The number of carbonyl (C=O) groups is 2. The first-order valence-corrected chi connectivity index (χ1v) is 6.21. The first kappa shape index (κ1) is 13.5. The van der Waals surface area contributed by atoms with Crippen molar-refractivity contribution in [1.82, 2.24) is 24.7 Å². The minimum Gasteiger partial charge on any atom is -0.347 e. The lowest BCUT2D eigenvalue weighted by atomic mass is 10.1. The third kappa shape index (κ3) is 2.76. The minimum atomic E-state index is -0.460. The van der Waals surface area contributed by atoms with Crippen LogP contribution in [0.25, 0.3) is 0 Å². The van der Waals surface area contributed by atoms with Crippen LogP contribution in [0.2, 0.25) is 0 Å². The van der Waals surface area contributed by atoms with E-state index in [1.165, 1.54) is 4.90 Å². The number of imidazole rings is 1. The van der Waals surface area contributed by atoms with E-state index in [0.717, 1.165) is 0 Å². The molecule has 0 spiro atoms. The molecule has 1 aromatic rings. The van der Waals surface area contributed by atoms with E-state index in [4.69, 9.17) is 0 Å². The van der Waals surface area contributed by atoms with E-state index in [2.05, 4.69) is 10.3 Å². The average Bonchev–Trinajstić information content (AvgIpc) is 2.83. The van der Waals surface area contributed by atoms with Gasteiger partial charge in [0.2, 0.25) is 5.91 Å². The van der Waals surface area contributed by atoms with Crippen LogP contribution in [0.15, 0.2) is 12.5 Å². The first-order valence-electron chi connectivity index (χ1n) is 6.21. The van der Waals surface area contributed by atoms with Crippen LogP contribution in [-0.4, -0.2) is 70.9 Å². The van der Waals surface area contributed by atoms with Gasteiger partial charge in [0.15, 0.2) is 0 Å². The topological polar surface area (TPSA) is 70.5 Å². The summed E-state index contributed by atoms with van der Waals surface area (Å²) in [5.74, 6) is -0.265. The second-order valence-electron chi connectivity index (χ2n) is 4.88. The highest BCUT2D eigenvalue weighted by molar-refractivity contribution is 5.96. The summed E-state index contributed by atoms with van der Waals surface area (Å²) >= 11 is 0. The van der Waals surface area contributed by atoms with Gasteiger partial charge in [-0.05, 0) is 0 Å². The maximum absolute atomic E-state index is 12.4. The van der Waals surface area contributed by atoms with Crippen LogP contribution in [0, 0.1) is 0 Å². The number of aryl methyl sites for hydroxylation is 1. The van der Waals surface area contributed by atoms with Crippen LogP contribution in [-0.2, 0) is 11.8 Å². The van der Waals surface area contributed by atoms with Crippen LogP contribution in [0.3, 0.4) is 0 Å². The molecule has 1 aliphatic heterocycles. The molecule has 1 aromatic heterocycles. The van der Waals surface area contributed by atoms with Gasteiger partial charge in [-0.3, -0.25) is 9.59 Å². The zero-order valence-corrected chi connectivity index (χ0v) is 11.5. The average molecular weight is 265 g/mol. The van der Waals surface area contributed by atoms with Crippen molar-refractivity contribution in [3.05, 3.63) is 18.2 Å². The summed E-state index contributed by atoms with van der Waals surface area (Å²) in [6, 6.07) is -0.460. The number of likely N-dealkylation sites (N-methyl/N-ethyl adjacent to an activating group) is 1. The maximum Gasteiger partial charge on any atom is 0.274 e. The monoisotopic (exact) mass is 265 g/mol. The number of nitrogens with zero attached hydrogens (tertiary/aromatic N) is 4. The van der Waals surface area contributed by atoms with Gasteiger partial charge >= 0.3 is 0 Å². The van der Waals surface area contributed by atoms with Crippen molar-refractivity contribution in [3.8, 4) is 0 Å². The summed E-state index contributed by atoms with van der Waals surface area (Å²) < 4.78 is 1.72. The second-order valence-corrected chi connectivity index (χ2v) is 4.88. The van der Waals surface area contributed by atoms with Gasteiger partial charge in [-0.2, -0.15) is 0 Å². The van der Waals surface area contributed by atoms with Crippen molar-refractivity contribution in [2.45, 2.75) is 6.04 Å². The Balaban J connectivity index is 2.20. The highest BCUT2D eigenvalue weighted by Crippen LogP contribution is 2.10. The second kappa shape index (κ2) is 5.40. The molecule has 2 heterocycles. The van der Waals surface area contributed by atoms with Crippen molar-refractivity contribution >= 4 is 11.8 Å². The number of piperazine rings is 1. The molecule has 104 valence electrons. The number of hydrogen-bond acceptors (Lipinski definition) is 4. The third-order valence-corrected chi connectivity index (χ3v) is 3.15. The van der Waals surface area contributed by atoms with E-state index in [9.17, 15) is 9.59 Å². The molecule has 1 atom stereocenters. The molecule has 2 amide bonds. The molecule has 1 fully saturated rings. The Kier molecular flexibility index (Phi) is 3.84. The molecule has 0 radical (unpaired) electrons. The van der Waals surface area contributed by atoms with Gasteiger partial charge in [-0.1, -0.05) is 0 Å². The molecule has 1 N–H and O–H groups in total. The molecule has 1 aliphatic rings. The Hall–Kier alpha value is -1.89. The Bertz CT molecular complexity index is 482. The standard InChI is InChI=1S/C12H19N5O2/c1-15(2)12(19)10-6-13-4-5-17(10)11(18)9-7-16(3)8-14-9/h7-8,10,13H,4-6H2,1-3H3. The van der Waals surface area contributed by atoms with Gasteiger partial charge in [0, 0.05) is 47.0 Å². The normalized spacial score (nSPS) is 19.3. The van der Waals surface area contributed by atoms with Crippen LogP contribution in [0.5, 0.6) is 0 Å². The van der Waals surface area contributed by atoms with Gasteiger partial charge in [0.25, 0.3) is 5.91 Å². The number of hydrogen-bond donors (Lipinski definition) is 1. The fourth-order valence-electron chi connectivity index (χ4n) is 2.14. The molecular weight excluding hydrogens is 246 g/mol. The molecule has 1 saturated heterocycles. The molecule has 0 saturated carbocycles. The van der Waals surface area contributed by atoms with Crippen molar-refractivity contribution in [2.75, 3.05) is 33.7 Å². The third-order valence-electron chi connectivity index (χ3n) is 3.15. The smallest absolute Gasteiger partial charge is 0.274 e. The molecule has 7 nitrogen and oxygen atoms in total. The van der Waals surface area contributed by atoms with Gasteiger partial charge in [0.1, 0.15) is 11.7 Å². The lowest BCUT2D eigenvalue weighted by Crippen LogP contribution is -2.59. The van der Waals surface area contributed by atoms with Gasteiger partial charge in [0.05, 0.1) is 6.33 Å². The maximum atomic E-state index is 12.4. The zero-order valence-electron chi connectivity index (χ0n) is 11.5. The summed E-state index contributed by atoms with van der Waals surface area (Å²) in [5, 5.41) is 3.15. The quantitative estimate of drug-likeness (QED) is 0.738. The van der Waals surface area contributed by atoms with E-state index in [0.29, 0.717) is 25.3 Å². The minimum absolute atomic E-state index is 0.0727. The largest absolute Gasteiger partial charge is 0.347 e. The number of aromatic nitrogens is 2. The molecule has 0 aliphatic carbocycles. The lowest BCUT2D eigenvalue weighted by Gasteiger charge is -2.36. The van der Waals surface area contributed by atoms with Gasteiger partial charge < -0.3 is 19.7 Å². The fourth-order valence-corrected chi connectivity index (χ4v) is 2.14. The summed E-state index contributed by atoms with van der Waals surface area (Å²) in [6.45, 7) is 1.69. The van der Waals surface area contributed by atoms with Crippen LogP contribution in [0.1, 0.15) is 10.5 Å². The van der Waals surface area contributed by atoms with E-state index in [-0.39, 0.29) is 11.8 Å². The van der Waals surface area contributed by atoms with Crippen LogP contribution >= 0.6 is 0 Å². The van der Waals surface area contributed by atoms with Crippen LogP contribution in [0.4, 0.5) is 0 Å². The van der Waals surface area contributed by atoms with Crippen molar-refractivity contribution in [3.63, 3.8) is 0 Å². The summed E-state index contributed by atoms with van der Waals surface area (Å²) in [5.41, 5.74) is 0.376. The highest BCUT2D eigenvalue weighted by atomic mass is 16.2. The molecule has 19 heavy (non-hydrogen) atoms. The lowest BCUT2D eigenvalue weighted by molar-refractivity contribution is -0.134. The van der Waals surface area contributed by atoms with Crippen LogP contribution < -0.4 is 5.32 Å². The zero-order chi connectivity index (χ0) is 14.0. The van der Waals surface area contributed by atoms with Crippen molar-refractivity contribution in [2.24, 2.45) is 7.05 Å². The Morgan fingerprint density at radius 1 is 1.47 bits per heavy atom. The fraction of sp³-hybridized carbons (Fsp3) is 0.583. The molecule has 0 aromatic carbocycles. The van der Waals surface area contributed by atoms with E-state index < -0.39 is 6.04 Å². The van der Waals surface area contributed by atoms with E-state index >= 15 is 0 Å². The van der Waals surface area contributed by atoms with Crippen molar-refractivity contribution < 1.29 is 9.59 Å². The Morgan fingerprint density at radius 2 is 2.21 bits per heavy atom. The van der Waals surface area contributed by atoms with E-state index in [1.54, 1.807) is 36.1 Å². The molecule has 0 bridgehead atoms.